The standard InChI is InChI=1S/C30H42N2O3/c1-6-16-29(3)17-14-28-26(12-7-22-20-25(35-21(2)33)13-18-30(22,28)4)27(29)15-19-31-32-23-8-10-24(34-5)11-9-23/h6-11,16,19,25-28,32H,12-15,17-18,20H2,1-5H3/b16-6+,31-19+/t25-,26-,27-,28-,29-,30-/m0/s1. The van der Waals surface area contributed by atoms with E-state index in [0.717, 1.165) is 43.5 Å². The SMILES string of the molecule is C/C=C/[C@@]1(C)CC[C@H]2[C@@H](CC=C3C[C@@H](OC(C)=O)CC[C@@]32C)[C@@H]1C/C=N/Nc1ccc(OC)cc1. The first kappa shape index (κ1) is 25.5. The number of carbonyl (C=O) groups is 1. The molecular weight excluding hydrogens is 436 g/mol. The van der Waals surface area contributed by atoms with Crippen LogP contribution in [0.2, 0.25) is 0 Å². The Bertz CT molecular complexity index is 982. The second kappa shape index (κ2) is 10.6. The van der Waals surface area contributed by atoms with Gasteiger partial charge in [-0.2, -0.15) is 5.10 Å². The molecule has 35 heavy (non-hydrogen) atoms. The molecule has 3 aliphatic carbocycles. The van der Waals surface area contributed by atoms with Gasteiger partial charge in [-0.25, -0.2) is 0 Å². The number of nitrogens with zero attached hydrogens (tertiary/aromatic N) is 1. The van der Waals surface area contributed by atoms with Crippen molar-refractivity contribution in [2.75, 3.05) is 12.5 Å². The van der Waals surface area contributed by atoms with E-state index in [9.17, 15) is 4.79 Å². The molecule has 5 nitrogen and oxygen atoms in total. The lowest BCUT2D eigenvalue weighted by molar-refractivity contribution is -0.148. The van der Waals surface area contributed by atoms with Gasteiger partial charge in [0.2, 0.25) is 0 Å². The molecule has 190 valence electrons. The smallest absolute Gasteiger partial charge is 0.302 e. The molecule has 4 rings (SSSR count). The van der Waals surface area contributed by atoms with Crippen LogP contribution in [-0.2, 0) is 9.53 Å². The normalized spacial score (nSPS) is 34.7. The van der Waals surface area contributed by atoms with Crippen molar-refractivity contribution in [2.45, 2.75) is 78.7 Å². The monoisotopic (exact) mass is 478 g/mol. The number of anilines is 1. The summed E-state index contributed by atoms with van der Waals surface area (Å²) < 4.78 is 10.8. The molecule has 0 radical (unpaired) electrons. The third-order valence-electron chi connectivity index (χ3n) is 9.11. The van der Waals surface area contributed by atoms with E-state index in [1.807, 2.05) is 24.3 Å². The number of esters is 1. The van der Waals surface area contributed by atoms with Crippen LogP contribution < -0.4 is 10.2 Å². The second-order valence-electron chi connectivity index (χ2n) is 11.2. The van der Waals surface area contributed by atoms with Gasteiger partial charge in [-0.3, -0.25) is 10.2 Å². The van der Waals surface area contributed by atoms with Crippen LogP contribution in [0.5, 0.6) is 5.75 Å². The number of carbonyl (C=O) groups excluding carboxylic acids is 1. The van der Waals surface area contributed by atoms with Crippen molar-refractivity contribution in [3.05, 3.63) is 48.1 Å². The summed E-state index contributed by atoms with van der Waals surface area (Å²) in [5.41, 5.74) is 6.07. The Morgan fingerprint density at radius 2 is 1.97 bits per heavy atom. The molecule has 0 aliphatic heterocycles. The zero-order valence-corrected chi connectivity index (χ0v) is 22.0. The number of hydrogen-bond acceptors (Lipinski definition) is 5. The molecule has 0 aromatic heterocycles. The third-order valence-corrected chi connectivity index (χ3v) is 9.11. The van der Waals surface area contributed by atoms with Crippen molar-refractivity contribution in [2.24, 2.45) is 33.7 Å². The second-order valence-corrected chi connectivity index (χ2v) is 11.2. The zero-order valence-electron chi connectivity index (χ0n) is 22.0. The molecule has 0 bridgehead atoms. The van der Waals surface area contributed by atoms with Crippen LogP contribution in [-0.4, -0.2) is 25.4 Å². The maximum atomic E-state index is 11.5. The first-order valence-electron chi connectivity index (χ1n) is 13.2. The highest BCUT2D eigenvalue weighted by Gasteiger charge is 2.54. The van der Waals surface area contributed by atoms with E-state index in [-0.39, 0.29) is 22.9 Å². The molecule has 2 saturated carbocycles. The summed E-state index contributed by atoms with van der Waals surface area (Å²) in [6.07, 6.45) is 16.8. The van der Waals surface area contributed by atoms with Gasteiger partial charge in [-0.15, -0.1) is 0 Å². The molecule has 1 aromatic carbocycles. The number of ether oxygens (including phenoxy) is 2. The lowest BCUT2D eigenvalue weighted by Gasteiger charge is -2.58. The first-order valence-corrected chi connectivity index (χ1v) is 13.2. The fraction of sp³-hybridized carbons (Fsp3) is 0.600. The predicted octanol–water partition coefficient (Wildman–Crippen LogP) is 7.16. The van der Waals surface area contributed by atoms with Crippen LogP contribution in [0.3, 0.4) is 0 Å². The van der Waals surface area contributed by atoms with E-state index in [2.05, 4.69) is 55.7 Å². The van der Waals surface area contributed by atoms with Gasteiger partial charge in [0.15, 0.2) is 0 Å². The van der Waals surface area contributed by atoms with Gasteiger partial charge in [0.1, 0.15) is 11.9 Å². The van der Waals surface area contributed by atoms with Crippen molar-refractivity contribution in [1.29, 1.82) is 0 Å². The lowest BCUT2D eigenvalue weighted by atomic mass is 9.47. The van der Waals surface area contributed by atoms with Crippen LogP contribution in [0.1, 0.15) is 72.6 Å². The van der Waals surface area contributed by atoms with E-state index in [4.69, 9.17) is 9.47 Å². The molecule has 6 atom stereocenters. The predicted molar refractivity (Wildman–Crippen MR) is 143 cm³/mol. The minimum Gasteiger partial charge on any atom is -0.497 e. The third kappa shape index (κ3) is 5.34. The summed E-state index contributed by atoms with van der Waals surface area (Å²) in [4.78, 5) is 11.5. The number of allylic oxidation sites excluding steroid dienone is 3. The van der Waals surface area contributed by atoms with E-state index in [0.29, 0.717) is 17.8 Å². The summed E-state index contributed by atoms with van der Waals surface area (Å²) >= 11 is 0. The van der Waals surface area contributed by atoms with E-state index >= 15 is 0 Å². The minimum absolute atomic E-state index is 0.0483. The van der Waals surface area contributed by atoms with Crippen molar-refractivity contribution in [3.8, 4) is 5.75 Å². The maximum absolute atomic E-state index is 11.5. The summed E-state index contributed by atoms with van der Waals surface area (Å²) in [6, 6.07) is 7.85. The Morgan fingerprint density at radius 3 is 2.66 bits per heavy atom. The Hall–Kier alpha value is -2.56. The Balaban J connectivity index is 1.51. The largest absolute Gasteiger partial charge is 0.497 e. The van der Waals surface area contributed by atoms with Crippen LogP contribution in [0.25, 0.3) is 0 Å². The Labute approximate surface area is 211 Å². The number of hydrazone groups is 1. The number of rotatable bonds is 7. The highest BCUT2D eigenvalue weighted by Crippen LogP contribution is 2.62. The quantitative estimate of drug-likeness (QED) is 0.195. The van der Waals surface area contributed by atoms with Gasteiger partial charge in [-0.1, -0.05) is 37.6 Å². The topological polar surface area (TPSA) is 59.9 Å². The van der Waals surface area contributed by atoms with Gasteiger partial charge in [-0.05, 0) is 98.3 Å². The highest BCUT2D eigenvalue weighted by atomic mass is 16.5. The molecule has 1 N–H and O–H groups in total. The number of methoxy groups -OCH3 is 1. The summed E-state index contributed by atoms with van der Waals surface area (Å²) in [5.74, 6) is 2.54. The van der Waals surface area contributed by atoms with E-state index < -0.39 is 0 Å². The number of nitrogens with one attached hydrogen (secondary N) is 1. The molecule has 0 amide bonds. The average molecular weight is 479 g/mol. The van der Waals surface area contributed by atoms with E-state index in [1.165, 1.54) is 25.3 Å². The van der Waals surface area contributed by atoms with Crippen molar-refractivity contribution < 1.29 is 14.3 Å². The molecule has 0 heterocycles. The summed E-state index contributed by atoms with van der Waals surface area (Å²) in [5, 5.41) is 4.59. The molecule has 5 heteroatoms. The average Bonchev–Trinajstić information content (AvgIpc) is 2.83. The van der Waals surface area contributed by atoms with Crippen molar-refractivity contribution in [1.82, 2.24) is 0 Å². The summed E-state index contributed by atoms with van der Waals surface area (Å²) in [7, 11) is 1.68. The van der Waals surface area contributed by atoms with E-state index in [1.54, 1.807) is 7.11 Å². The number of fused-ring (bicyclic) bond motifs is 3. The van der Waals surface area contributed by atoms with Crippen LogP contribution >= 0.6 is 0 Å². The minimum atomic E-state index is -0.157. The van der Waals surface area contributed by atoms with Gasteiger partial charge < -0.3 is 9.47 Å². The molecule has 0 saturated heterocycles. The Morgan fingerprint density at radius 1 is 1.20 bits per heavy atom. The van der Waals surface area contributed by atoms with Gasteiger partial charge in [0.25, 0.3) is 0 Å². The number of benzene rings is 1. The van der Waals surface area contributed by atoms with Gasteiger partial charge in [0, 0.05) is 19.6 Å². The fourth-order valence-electron chi connectivity index (χ4n) is 7.29. The van der Waals surface area contributed by atoms with Crippen LogP contribution in [0.15, 0.2) is 53.2 Å². The molecule has 0 unspecified atom stereocenters. The molecule has 0 spiro atoms. The number of hydrogen-bond donors (Lipinski definition) is 1. The molecule has 3 aliphatic rings. The lowest BCUT2D eigenvalue weighted by Crippen LogP contribution is -2.50. The maximum Gasteiger partial charge on any atom is 0.302 e. The van der Waals surface area contributed by atoms with Crippen LogP contribution in [0, 0.1) is 28.6 Å². The van der Waals surface area contributed by atoms with Crippen molar-refractivity contribution in [3.63, 3.8) is 0 Å². The Kier molecular flexibility index (Phi) is 7.73. The van der Waals surface area contributed by atoms with Gasteiger partial charge in [0.05, 0.1) is 12.8 Å². The first-order chi connectivity index (χ1) is 16.8. The highest BCUT2D eigenvalue weighted by molar-refractivity contribution is 5.66. The summed E-state index contributed by atoms with van der Waals surface area (Å²) in [6.45, 7) is 8.59. The zero-order chi connectivity index (χ0) is 25.1. The van der Waals surface area contributed by atoms with Crippen molar-refractivity contribution >= 4 is 17.9 Å². The van der Waals surface area contributed by atoms with Crippen LogP contribution in [0.4, 0.5) is 5.69 Å². The van der Waals surface area contributed by atoms with Gasteiger partial charge >= 0.3 is 5.97 Å². The molecule has 1 aromatic rings. The molecular formula is C30H42N2O3. The molecule has 2 fully saturated rings. The fourth-order valence-corrected chi connectivity index (χ4v) is 7.29.